The molecule has 4 nitrogen and oxygen atoms in total. The van der Waals surface area contributed by atoms with E-state index in [9.17, 15) is 5.11 Å². The molecule has 0 spiro atoms. The molecule has 0 aromatic carbocycles. The number of aromatic hydroxyl groups is 1. The zero-order chi connectivity index (χ0) is 14.1. The lowest BCUT2D eigenvalue weighted by molar-refractivity contribution is 0.110. The summed E-state index contributed by atoms with van der Waals surface area (Å²) in [6, 6.07) is 6.67. The molecule has 0 saturated carbocycles. The van der Waals surface area contributed by atoms with Crippen LogP contribution in [0.15, 0.2) is 24.4 Å². The van der Waals surface area contributed by atoms with Gasteiger partial charge in [0.25, 0.3) is 0 Å². The van der Waals surface area contributed by atoms with Crippen molar-refractivity contribution in [1.82, 2.24) is 14.3 Å². The van der Waals surface area contributed by atoms with Crippen LogP contribution in [0.4, 0.5) is 0 Å². The van der Waals surface area contributed by atoms with Crippen molar-refractivity contribution in [3.05, 3.63) is 30.2 Å². The fraction of sp³-hybridized carbons (Fsp3) is 0.562. The molecule has 2 aromatic heterocycles. The molecule has 0 aliphatic carbocycles. The number of hydrogen-bond acceptors (Lipinski definition) is 3. The summed E-state index contributed by atoms with van der Waals surface area (Å²) in [5.74, 6) is 1.25. The van der Waals surface area contributed by atoms with Gasteiger partial charge in [-0.15, -0.1) is 0 Å². The molecule has 1 unspecified atom stereocenters. The monoisotopic (exact) mass is 273 g/mol. The normalized spacial score (nSPS) is 20.9. The van der Waals surface area contributed by atoms with Crippen LogP contribution in [0.5, 0.6) is 5.88 Å². The molecule has 0 radical (unpaired) electrons. The van der Waals surface area contributed by atoms with Crippen LogP contribution >= 0.6 is 0 Å². The quantitative estimate of drug-likeness (QED) is 0.935. The Kier molecular flexibility index (Phi) is 3.66. The topological polar surface area (TPSA) is 40.8 Å². The lowest BCUT2D eigenvalue weighted by Crippen LogP contribution is -2.45. The predicted molar refractivity (Wildman–Crippen MR) is 80.0 cm³/mol. The number of rotatable bonds is 3. The smallest absolute Gasteiger partial charge is 0.197 e. The second-order valence-electron chi connectivity index (χ2n) is 6.00. The van der Waals surface area contributed by atoms with Crippen molar-refractivity contribution in [2.24, 2.45) is 0 Å². The first-order valence-corrected chi connectivity index (χ1v) is 7.57. The van der Waals surface area contributed by atoms with Crippen LogP contribution in [0, 0.1) is 0 Å². The highest BCUT2D eigenvalue weighted by Gasteiger charge is 2.26. The van der Waals surface area contributed by atoms with E-state index in [-0.39, 0.29) is 5.88 Å². The Bertz CT molecular complexity index is 590. The molecular formula is C16H23N3O. The third-order valence-electron chi connectivity index (χ3n) is 4.36. The van der Waals surface area contributed by atoms with E-state index in [1.165, 1.54) is 25.8 Å². The first-order valence-electron chi connectivity index (χ1n) is 7.57. The van der Waals surface area contributed by atoms with Gasteiger partial charge in [-0.1, -0.05) is 12.5 Å². The average molecular weight is 273 g/mol. The molecule has 1 saturated heterocycles. The lowest BCUT2D eigenvalue weighted by atomic mass is 9.97. The highest BCUT2D eigenvalue weighted by atomic mass is 16.3. The number of hydrogen-bond donors (Lipinski definition) is 1. The molecule has 1 aliphatic rings. The SMILES string of the molecule is CC(C)N1CCCCC1Cc1ncc2cccc(O)n12. The van der Waals surface area contributed by atoms with Gasteiger partial charge in [-0.25, -0.2) is 4.98 Å². The van der Waals surface area contributed by atoms with Crippen molar-refractivity contribution in [3.63, 3.8) is 0 Å². The van der Waals surface area contributed by atoms with Gasteiger partial charge >= 0.3 is 0 Å². The van der Waals surface area contributed by atoms with Crippen molar-refractivity contribution < 1.29 is 5.11 Å². The van der Waals surface area contributed by atoms with Crippen LogP contribution in [-0.2, 0) is 6.42 Å². The number of likely N-dealkylation sites (tertiary alicyclic amines) is 1. The Labute approximate surface area is 120 Å². The maximum Gasteiger partial charge on any atom is 0.197 e. The van der Waals surface area contributed by atoms with E-state index in [1.807, 2.05) is 22.7 Å². The van der Waals surface area contributed by atoms with Crippen LogP contribution < -0.4 is 0 Å². The molecule has 1 aliphatic heterocycles. The molecule has 0 amide bonds. The van der Waals surface area contributed by atoms with E-state index in [1.54, 1.807) is 6.07 Å². The van der Waals surface area contributed by atoms with Crippen molar-refractivity contribution >= 4 is 5.52 Å². The van der Waals surface area contributed by atoms with Gasteiger partial charge in [0.15, 0.2) is 5.88 Å². The molecule has 0 bridgehead atoms. The average Bonchev–Trinajstić information content (AvgIpc) is 2.84. The highest BCUT2D eigenvalue weighted by molar-refractivity contribution is 5.48. The Morgan fingerprint density at radius 3 is 3.00 bits per heavy atom. The minimum atomic E-state index is 0.280. The third kappa shape index (κ3) is 2.40. The number of aromatic nitrogens is 2. The Morgan fingerprint density at radius 1 is 1.35 bits per heavy atom. The number of piperidine rings is 1. The van der Waals surface area contributed by atoms with Crippen LogP contribution in [0.1, 0.15) is 38.9 Å². The number of fused-ring (bicyclic) bond motifs is 1. The summed E-state index contributed by atoms with van der Waals surface area (Å²) >= 11 is 0. The summed E-state index contributed by atoms with van der Waals surface area (Å²) in [6.07, 6.45) is 6.56. The van der Waals surface area contributed by atoms with Gasteiger partial charge in [0.1, 0.15) is 5.82 Å². The van der Waals surface area contributed by atoms with E-state index in [2.05, 4.69) is 23.7 Å². The van der Waals surface area contributed by atoms with Gasteiger partial charge in [-0.2, -0.15) is 0 Å². The molecule has 20 heavy (non-hydrogen) atoms. The van der Waals surface area contributed by atoms with Crippen molar-refractivity contribution in [3.8, 4) is 5.88 Å². The minimum Gasteiger partial charge on any atom is -0.494 e. The minimum absolute atomic E-state index is 0.280. The summed E-state index contributed by atoms with van der Waals surface area (Å²) in [4.78, 5) is 7.09. The lowest BCUT2D eigenvalue weighted by Gasteiger charge is -2.38. The maximum atomic E-state index is 10.1. The van der Waals surface area contributed by atoms with Gasteiger partial charge in [0.05, 0.1) is 11.7 Å². The third-order valence-corrected chi connectivity index (χ3v) is 4.36. The van der Waals surface area contributed by atoms with Gasteiger partial charge in [-0.3, -0.25) is 9.30 Å². The molecule has 1 fully saturated rings. The first-order chi connectivity index (χ1) is 9.66. The highest BCUT2D eigenvalue weighted by Crippen LogP contribution is 2.24. The molecule has 3 rings (SSSR count). The van der Waals surface area contributed by atoms with Crippen LogP contribution in [0.25, 0.3) is 5.52 Å². The van der Waals surface area contributed by atoms with Crippen molar-refractivity contribution in [1.29, 1.82) is 0 Å². The van der Waals surface area contributed by atoms with E-state index in [0.717, 1.165) is 17.8 Å². The van der Waals surface area contributed by atoms with Crippen molar-refractivity contribution in [2.45, 2.75) is 51.6 Å². The number of imidazole rings is 1. The summed E-state index contributed by atoms with van der Waals surface area (Å²) in [5, 5.41) is 10.1. The summed E-state index contributed by atoms with van der Waals surface area (Å²) in [5.41, 5.74) is 0.965. The number of pyridine rings is 1. The molecular weight excluding hydrogens is 250 g/mol. The molecule has 1 atom stereocenters. The standard InChI is InChI=1S/C16H23N3O/c1-12(2)18-9-4-3-6-13(18)10-15-17-11-14-7-5-8-16(20)19(14)15/h5,7-8,11-13,20H,3-4,6,9-10H2,1-2H3. The van der Waals surface area contributed by atoms with Gasteiger partial charge < -0.3 is 5.11 Å². The summed E-state index contributed by atoms with van der Waals surface area (Å²) in [6.45, 7) is 5.70. The largest absolute Gasteiger partial charge is 0.494 e. The van der Waals surface area contributed by atoms with Gasteiger partial charge in [0, 0.05) is 18.5 Å². The fourth-order valence-corrected chi connectivity index (χ4v) is 3.37. The predicted octanol–water partition coefficient (Wildman–Crippen LogP) is 2.85. The fourth-order valence-electron chi connectivity index (χ4n) is 3.37. The second-order valence-corrected chi connectivity index (χ2v) is 6.00. The van der Waals surface area contributed by atoms with E-state index < -0.39 is 0 Å². The summed E-state index contributed by atoms with van der Waals surface area (Å²) < 4.78 is 1.87. The van der Waals surface area contributed by atoms with E-state index in [0.29, 0.717) is 12.1 Å². The summed E-state index contributed by atoms with van der Waals surface area (Å²) in [7, 11) is 0. The maximum absolute atomic E-state index is 10.1. The van der Waals surface area contributed by atoms with E-state index >= 15 is 0 Å². The van der Waals surface area contributed by atoms with Crippen LogP contribution in [0.2, 0.25) is 0 Å². The zero-order valence-electron chi connectivity index (χ0n) is 12.3. The molecule has 1 N–H and O–H groups in total. The zero-order valence-corrected chi connectivity index (χ0v) is 12.3. The molecule has 2 aromatic rings. The van der Waals surface area contributed by atoms with Gasteiger partial charge in [0.2, 0.25) is 0 Å². The first kappa shape index (κ1) is 13.4. The Hall–Kier alpha value is -1.55. The van der Waals surface area contributed by atoms with Crippen LogP contribution in [0.3, 0.4) is 0 Å². The number of nitrogens with zero attached hydrogens (tertiary/aromatic N) is 3. The molecule has 108 valence electrons. The van der Waals surface area contributed by atoms with Crippen molar-refractivity contribution in [2.75, 3.05) is 6.54 Å². The van der Waals surface area contributed by atoms with Gasteiger partial charge in [-0.05, 0) is 45.4 Å². The van der Waals surface area contributed by atoms with Crippen LogP contribution in [-0.4, -0.2) is 38.0 Å². The Balaban J connectivity index is 1.88. The molecule has 3 heterocycles. The molecule has 4 heteroatoms. The second kappa shape index (κ2) is 5.44. The van der Waals surface area contributed by atoms with E-state index in [4.69, 9.17) is 0 Å². The Morgan fingerprint density at radius 2 is 2.20 bits per heavy atom.